The van der Waals surface area contributed by atoms with Gasteiger partial charge < -0.3 is 5.11 Å². The monoisotopic (exact) mass is 323 g/mol. The minimum Gasteiger partial charge on any atom is -0.481 e. The van der Waals surface area contributed by atoms with E-state index in [4.69, 9.17) is 23.2 Å². The minimum absolute atomic E-state index is 0.270. The predicted molar refractivity (Wildman–Crippen MR) is 84.0 cm³/mol. The third kappa shape index (κ3) is 3.20. The number of halogens is 2. The number of carboxylic acid groups (broad SMARTS) is 1. The molecule has 0 radical (unpaired) electrons. The second-order valence-electron chi connectivity index (χ2n) is 4.88. The zero-order valence-electron chi connectivity index (χ0n) is 11.5. The van der Waals surface area contributed by atoms with Gasteiger partial charge in [-0.25, -0.2) is 4.98 Å². The lowest BCUT2D eigenvalue weighted by atomic mass is 9.74. The molecule has 1 unspecified atom stereocenters. The van der Waals surface area contributed by atoms with Gasteiger partial charge >= 0.3 is 5.97 Å². The summed E-state index contributed by atoms with van der Waals surface area (Å²) in [7, 11) is 0. The van der Waals surface area contributed by atoms with Crippen LogP contribution in [0.2, 0.25) is 10.2 Å². The van der Waals surface area contributed by atoms with Crippen LogP contribution in [0.4, 0.5) is 0 Å². The molecule has 0 aliphatic carbocycles. The maximum absolute atomic E-state index is 11.9. The summed E-state index contributed by atoms with van der Waals surface area (Å²) in [5.74, 6) is -0.873. The second kappa shape index (κ2) is 6.46. The fourth-order valence-corrected chi connectivity index (χ4v) is 2.86. The van der Waals surface area contributed by atoms with E-state index in [1.807, 2.05) is 37.3 Å². The lowest BCUT2D eigenvalue weighted by Crippen LogP contribution is -2.37. The third-order valence-electron chi connectivity index (χ3n) is 3.73. The average Bonchev–Trinajstić information content (AvgIpc) is 2.47. The first-order valence-electron chi connectivity index (χ1n) is 6.58. The number of pyridine rings is 1. The molecule has 21 heavy (non-hydrogen) atoms. The van der Waals surface area contributed by atoms with Crippen LogP contribution in [-0.4, -0.2) is 16.1 Å². The number of aliphatic carboxylic acids is 1. The zero-order valence-corrected chi connectivity index (χ0v) is 13.0. The lowest BCUT2D eigenvalue weighted by molar-refractivity contribution is -0.144. The Balaban J connectivity index is 2.49. The van der Waals surface area contributed by atoms with Crippen molar-refractivity contribution in [2.45, 2.75) is 25.2 Å². The van der Waals surface area contributed by atoms with Crippen molar-refractivity contribution in [1.29, 1.82) is 0 Å². The second-order valence-corrected chi connectivity index (χ2v) is 5.68. The Morgan fingerprint density at radius 3 is 2.48 bits per heavy atom. The van der Waals surface area contributed by atoms with Gasteiger partial charge in [0.1, 0.15) is 5.15 Å². The van der Waals surface area contributed by atoms with Crippen molar-refractivity contribution in [1.82, 2.24) is 4.98 Å². The molecule has 1 heterocycles. The van der Waals surface area contributed by atoms with E-state index >= 15 is 0 Å². The van der Waals surface area contributed by atoms with Crippen molar-refractivity contribution in [3.63, 3.8) is 0 Å². The smallest absolute Gasteiger partial charge is 0.314 e. The Morgan fingerprint density at radius 2 is 1.95 bits per heavy atom. The summed E-state index contributed by atoms with van der Waals surface area (Å²) in [5.41, 5.74) is 0.403. The molecular weight excluding hydrogens is 309 g/mol. The highest BCUT2D eigenvalue weighted by atomic mass is 35.5. The molecule has 0 fully saturated rings. The van der Waals surface area contributed by atoms with Crippen LogP contribution in [0.3, 0.4) is 0 Å². The Bertz CT molecular complexity index is 646. The van der Waals surface area contributed by atoms with E-state index in [1.54, 1.807) is 6.20 Å². The van der Waals surface area contributed by atoms with E-state index in [0.29, 0.717) is 22.2 Å². The van der Waals surface area contributed by atoms with Crippen LogP contribution in [0, 0.1) is 0 Å². The summed E-state index contributed by atoms with van der Waals surface area (Å²) < 4.78 is 0. The molecule has 0 bridgehead atoms. The molecule has 0 amide bonds. The maximum atomic E-state index is 11.9. The first kappa shape index (κ1) is 15.8. The van der Waals surface area contributed by atoms with E-state index in [9.17, 15) is 9.90 Å². The molecule has 1 aromatic carbocycles. The highest BCUT2D eigenvalue weighted by Crippen LogP contribution is 2.34. The summed E-state index contributed by atoms with van der Waals surface area (Å²) in [5, 5.41) is 10.5. The topological polar surface area (TPSA) is 50.2 Å². The molecular formula is C16H15Cl2NO2. The number of hydrogen-bond donors (Lipinski definition) is 1. The molecule has 2 rings (SSSR count). The van der Waals surface area contributed by atoms with Gasteiger partial charge in [-0.1, -0.05) is 60.5 Å². The summed E-state index contributed by atoms with van der Waals surface area (Å²) in [6.45, 7) is 1.86. The van der Waals surface area contributed by atoms with Gasteiger partial charge in [-0.2, -0.15) is 0 Å². The fraction of sp³-hybridized carbons (Fsp3) is 0.250. The van der Waals surface area contributed by atoms with Crippen LogP contribution in [0.5, 0.6) is 0 Å². The largest absolute Gasteiger partial charge is 0.481 e. The third-order valence-corrected chi connectivity index (χ3v) is 4.29. The molecule has 110 valence electrons. The summed E-state index contributed by atoms with van der Waals surface area (Å²) in [4.78, 5) is 15.9. The number of rotatable bonds is 5. The van der Waals surface area contributed by atoms with Gasteiger partial charge in [0.25, 0.3) is 0 Å². The first-order chi connectivity index (χ1) is 9.99. The van der Waals surface area contributed by atoms with Crippen LogP contribution in [0.1, 0.15) is 24.5 Å². The summed E-state index contributed by atoms with van der Waals surface area (Å²) >= 11 is 12.0. The van der Waals surface area contributed by atoms with E-state index in [-0.39, 0.29) is 6.42 Å². The molecule has 2 aromatic rings. The quantitative estimate of drug-likeness (QED) is 0.831. The van der Waals surface area contributed by atoms with E-state index in [1.165, 1.54) is 6.07 Å². The number of benzene rings is 1. The molecule has 0 saturated heterocycles. The van der Waals surface area contributed by atoms with Crippen molar-refractivity contribution < 1.29 is 9.90 Å². The van der Waals surface area contributed by atoms with E-state index in [0.717, 1.165) is 5.56 Å². The van der Waals surface area contributed by atoms with Gasteiger partial charge in [0.05, 0.1) is 5.41 Å². The Labute approximate surface area is 133 Å². The highest BCUT2D eigenvalue weighted by Gasteiger charge is 2.39. The lowest BCUT2D eigenvalue weighted by Gasteiger charge is -2.29. The number of hydrogen-bond acceptors (Lipinski definition) is 2. The van der Waals surface area contributed by atoms with Crippen molar-refractivity contribution in [2.24, 2.45) is 0 Å². The van der Waals surface area contributed by atoms with Crippen molar-refractivity contribution in [3.05, 3.63) is 63.9 Å². The SMILES string of the molecule is CCC(Cc1cnc(Cl)cc1Cl)(C(=O)O)c1ccccc1. The number of aromatic nitrogens is 1. The molecule has 1 aromatic heterocycles. The van der Waals surface area contributed by atoms with Crippen LogP contribution in [-0.2, 0) is 16.6 Å². The molecule has 0 aliphatic heterocycles. The van der Waals surface area contributed by atoms with Gasteiger partial charge in [0.15, 0.2) is 0 Å². The first-order valence-corrected chi connectivity index (χ1v) is 7.34. The number of carbonyl (C=O) groups is 1. The Morgan fingerprint density at radius 1 is 1.29 bits per heavy atom. The summed E-state index contributed by atoms with van der Waals surface area (Å²) in [6.07, 6.45) is 2.26. The molecule has 0 saturated carbocycles. The van der Waals surface area contributed by atoms with E-state index < -0.39 is 11.4 Å². The van der Waals surface area contributed by atoms with Gasteiger partial charge in [-0.05, 0) is 30.0 Å². The maximum Gasteiger partial charge on any atom is 0.314 e. The molecule has 0 aliphatic rings. The zero-order chi connectivity index (χ0) is 15.5. The average molecular weight is 324 g/mol. The van der Waals surface area contributed by atoms with Crippen molar-refractivity contribution >= 4 is 29.2 Å². The van der Waals surface area contributed by atoms with Gasteiger partial charge in [0.2, 0.25) is 0 Å². The molecule has 3 nitrogen and oxygen atoms in total. The van der Waals surface area contributed by atoms with Crippen LogP contribution in [0.25, 0.3) is 0 Å². The van der Waals surface area contributed by atoms with Crippen molar-refractivity contribution in [2.75, 3.05) is 0 Å². The van der Waals surface area contributed by atoms with Gasteiger partial charge in [-0.15, -0.1) is 0 Å². The van der Waals surface area contributed by atoms with Crippen LogP contribution >= 0.6 is 23.2 Å². The van der Waals surface area contributed by atoms with Crippen molar-refractivity contribution in [3.8, 4) is 0 Å². The predicted octanol–water partition coefficient (Wildman–Crippen LogP) is 4.36. The van der Waals surface area contributed by atoms with Gasteiger partial charge in [0, 0.05) is 11.2 Å². The normalized spacial score (nSPS) is 13.7. The Hall–Kier alpha value is -1.58. The molecule has 5 heteroatoms. The number of nitrogens with zero attached hydrogens (tertiary/aromatic N) is 1. The minimum atomic E-state index is -1.03. The molecule has 1 atom stereocenters. The highest BCUT2D eigenvalue weighted by molar-refractivity contribution is 6.34. The Kier molecular flexibility index (Phi) is 4.86. The van der Waals surface area contributed by atoms with Crippen LogP contribution < -0.4 is 0 Å². The fourth-order valence-electron chi connectivity index (χ4n) is 2.43. The molecule has 0 spiro atoms. The molecule has 1 N–H and O–H groups in total. The summed E-state index contributed by atoms with van der Waals surface area (Å²) in [6, 6.07) is 10.7. The number of carboxylic acids is 1. The standard InChI is InChI=1S/C16H15Cl2NO2/c1-2-16(15(20)21,12-6-4-3-5-7-12)9-11-10-19-14(18)8-13(11)17/h3-8,10H,2,9H2,1H3,(H,20,21). The van der Waals surface area contributed by atoms with Crippen LogP contribution in [0.15, 0.2) is 42.6 Å². The van der Waals surface area contributed by atoms with Gasteiger partial charge in [-0.3, -0.25) is 4.79 Å². The van der Waals surface area contributed by atoms with E-state index in [2.05, 4.69) is 4.98 Å².